The van der Waals surface area contributed by atoms with E-state index >= 15 is 0 Å². The summed E-state index contributed by atoms with van der Waals surface area (Å²) in [5.74, 6) is -0.935. The number of aryl methyl sites for hydroxylation is 2. The lowest BCUT2D eigenvalue weighted by molar-refractivity contribution is -0.166. The smallest absolute Gasteiger partial charge is 0.410 e. The third-order valence-corrected chi connectivity index (χ3v) is 4.40. The van der Waals surface area contributed by atoms with Gasteiger partial charge in [-0.2, -0.15) is 0 Å². The molecular formula is C17H24INO5. The summed E-state index contributed by atoms with van der Waals surface area (Å²) in [5, 5.41) is 12.8. The molecule has 0 radical (unpaired) electrons. The Morgan fingerprint density at radius 3 is 2.42 bits per heavy atom. The minimum Gasteiger partial charge on any atom is -0.465 e. The van der Waals surface area contributed by atoms with E-state index in [0.29, 0.717) is 6.42 Å². The largest absolute Gasteiger partial charge is 0.465 e. The molecule has 1 rings (SSSR count). The van der Waals surface area contributed by atoms with E-state index < -0.39 is 23.4 Å². The van der Waals surface area contributed by atoms with E-state index in [0.717, 1.165) is 21.8 Å². The van der Waals surface area contributed by atoms with E-state index in [1.165, 1.54) is 0 Å². The van der Waals surface area contributed by atoms with E-state index in [9.17, 15) is 14.7 Å². The zero-order chi connectivity index (χ0) is 18.5. The van der Waals surface area contributed by atoms with Crippen LogP contribution in [0.25, 0.3) is 0 Å². The van der Waals surface area contributed by atoms with Crippen LogP contribution < -0.4 is 5.32 Å². The molecule has 0 fully saturated rings. The average molecular weight is 449 g/mol. The number of aliphatic hydroxyl groups is 1. The first-order valence-corrected chi connectivity index (χ1v) is 8.62. The number of nitrogens with one attached hydrogen (secondary N) is 1. The molecule has 2 N–H and O–H groups in total. The molecule has 0 saturated heterocycles. The highest BCUT2D eigenvalue weighted by molar-refractivity contribution is 14.1. The van der Waals surface area contributed by atoms with Crippen molar-refractivity contribution in [2.45, 2.75) is 51.9 Å². The Morgan fingerprint density at radius 1 is 1.29 bits per heavy atom. The topological polar surface area (TPSA) is 84.9 Å². The van der Waals surface area contributed by atoms with Crippen LogP contribution in [0.2, 0.25) is 0 Å². The lowest BCUT2D eigenvalue weighted by Crippen LogP contribution is -2.56. The van der Waals surface area contributed by atoms with Crippen molar-refractivity contribution >= 4 is 34.7 Å². The number of rotatable bonds is 5. The molecule has 0 heterocycles. The molecule has 0 aliphatic heterocycles. The number of carbonyl (C=O) groups excluding carboxylic acids is 2. The average Bonchev–Trinajstić information content (AvgIpc) is 2.45. The first-order chi connectivity index (χ1) is 11.0. The Hall–Kier alpha value is -1.35. The van der Waals surface area contributed by atoms with Crippen molar-refractivity contribution in [1.29, 1.82) is 0 Å². The molecule has 134 valence electrons. The summed E-state index contributed by atoms with van der Waals surface area (Å²) in [4.78, 5) is 23.8. The van der Waals surface area contributed by atoms with Gasteiger partial charge in [-0.05, 0) is 73.9 Å². The minimum absolute atomic E-state index is 0.0297. The molecule has 0 bridgehead atoms. The normalized spacial score (nSPS) is 13.8. The molecule has 1 unspecified atom stereocenters. The fourth-order valence-corrected chi connectivity index (χ4v) is 2.55. The highest BCUT2D eigenvalue weighted by atomic mass is 127. The predicted octanol–water partition coefficient (Wildman–Crippen LogP) is 2.92. The van der Waals surface area contributed by atoms with Crippen LogP contribution in [0.3, 0.4) is 0 Å². The molecule has 0 saturated carbocycles. The van der Waals surface area contributed by atoms with Crippen LogP contribution in [0.1, 0.15) is 38.3 Å². The van der Waals surface area contributed by atoms with Crippen molar-refractivity contribution in [2.24, 2.45) is 0 Å². The first-order valence-electron chi connectivity index (χ1n) is 7.54. The summed E-state index contributed by atoms with van der Waals surface area (Å²) >= 11 is 2.22. The Morgan fingerprint density at radius 2 is 1.92 bits per heavy atom. The maximum absolute atomic E-state index is 11.9. The number of halogens is 1. The molecule has 6 nitrogen and oxygen atoms in total. The second-order valence-electron chi connectivity index (χ2n) is 6.56. The minimum atomic E-state index is -2.15. The number of methoxy groups -OCH3 is 1. The highest BCUT2D eigenvalue weighted by Crippen LogP contribution is 2.19. The number of alkyl carbamates (subject to hydrolysis) is 1. The van der Waals surface area contributed by atoms with Crippen LogP contribution in [0.5, 0.6) is 0 Å². The summed E-state index contributed by atoms with van der Waals surface area (Å²) in [6, 6.07) is 5.86. The van der Waals surface area contributed by atoms with E-state index in [2.05, 4.69) is 32.6 Å². The van der Waals surface area contributed by atoms with Crippen molar-refractivity contribution in [3.8, 4) is 0 Å². The van der Waals surface area contributed by atoms with Crippen LogP contribution in [-0.2, 0) is 20.7 Å². The zero-order valence-corrected chi connectivity index (χ0v) is 16.8. The van der Waals surface area contributed by atoms with Crippen molar-refractivity contribution < 1.29 is 24.2 Å². The van der Waals surface area contributed by atoms with Crippen LogP contribution in [0, 0.1) is 10.5 Å². The zero-order valence-electron chi connectivity index (χ0n) is 14.6. The van der Waals surface area contributed by atoms with Gasteiger partial charge in [-0.15, -0.1) is 0 Å². The van der Waals surface area contributed by atoms with E-state index in [4.69, 9.17) is 4.74 Å². The first kappa shape index (κ1) is 20.7. The molecule has 1 aromatic rings. The summed E-state index contributed by atoms with van der Waals surface area (Å²) in [7, 11) is 1.15. The summed E-state index contributed by atoms with van der Waals surface area (Å²) in [6.45, 7) is 7.08. The van der Waals surface area contributed by atoms with Crippen LogP contribution in [0.15, 0.2) is 18.2 Å². The fraction of sp³-hybridized carbons (Fsp3) is 0.529. The monoisotopic (exact) mass is 449 g/mol. The van der Waals surface area contributed by atoms with Gasteiger partial charge < -0.3 is 14.6 Å². The third-order valence-electron chi connectivity index (χ3n) is 3.24. The Bertz CT molecular complexity index is 611. The van der Waals surface area contributed by atoms with Crippen molar-refractivity contribution in [3.05, 3.63) is 32.9 Å². The summed E-state index contributed by atoms with van der Waals surface area (Å²) in [5.41, 5.74) is -0.797. The van der Waals surface area contributed by atoms with Gasteiger partial charge in [0.25, 0.3) is 0 Å². The van der Waals surface area contributed by atoms with Crippen molar-refractivity contribution in [1.82, 2.24) is 5.32 Å². The van der Waals surface area contributed by atoms with Gasteiger partial charge in [-0.1, -0.05) is 12.1 Å². The second-order valence-corrected chi connectivity index (χ2v) is 7.72. The van der Waals surface area contributed by atoms with Gasteiger partial charge in [0.15, 0.2) is 0 Å². The van der Waals surface area contributed by atoms with Gasteiger partial charge in [-0.3, -0.25) is 5.32 Å². The second kappa shape index (κ2) is 8.15. The Labute approximate surface area is 156 Å². The molecule has 0 aliphatic carbocycles. The molecule has 1 atom stereocenters. The molecule has 0 aromatic heterocycles. The van der Waals surface area contributed by atoms with Crippen LogP contribution in [0.4, 0.5) is 4.79 Å². The molecule has 0 aliphatic rings. The SMILES string of the molecule is COC(=O)C(O)(CCc1ccc(C)c(I)c1)NC(=O)OC(C)(C)C. The number of ether oxygens (including phenoxy) is 2. The van der Waals surface area contributed by atoms with Crippen molar-refractivity contribution in [2.75, 3.05) is 7.11 Å². The number of amides is 1. The number of esters is 1. The van der Waals surface area contributed by atoms with Gasteiger partial charge in [0, 0.05) is 9.99 Å². The number of carbonyl (C=O) groups is 2. The standard InChI is InChI=1S/C17H24INO5/c1-11-6-7-12(10-13(11)18)8-9-17(22,14(20)23-5)19-15(21)24-16(2,3)4/h6-7,10,22H,8-9H2,1-5H3,(H,19,21). The lowest BCUT2D eigenvalue weighted by Gasteiger charge is -2.28. The fourth-order valence-electron chi connectivity index (χ4n) is 1.97. The highest BCUT2D eigenvalue weighted by Gasteiger charge is 2.40. The van der Waals surface area contributed by atoms with Gasteiger partial charge in [0.2, 0.25) is 5.72 Å². The van der Waals surface area contributed by atoms with Gasteiger partial charge in [0.05, 0.1) is 7.11 Å². The maximum Gasteiger partial charge on any atom is 0.410 e. The molecule has 1 amide bonds. The van der Waals surface area contributed by atoms with Crippen molar-refractivity contribution in [3.63, 3.8) is 0 Å². The molecule has 1 aromatic carbocycles. The molecule has 0 spiro atoms. The summed E-state index contributed by atoms with van der Waals surface area (Å²) < 4.78 is 10.8. The van der Waals surface area contributed by atoms with E-state index in [1.54, 1.807) is 20.8 Å². The van der Waals surface area contributed by atoms with E-state index in [-0.39, 0.29) is 6.42 Å². The summed E-state index contributed by atoms with van der Waals surface area (Å²) in [6.07, 6.45) is -0.524. The van der Waals surface area contributed by atoms with E-state index in [1.807, 2.05) is 25.1 Å². The number of hydrogen-bond donors (Lipinski definition) is 2. The Kier molecular flexibility index (Phi) is 7.03. The quantitative estimate of drug-likeness (QED) is 0.410. The predicted molar refractivity (Wildman–Crippen MR) is 98.6 cm³/mol. The Balaban J connectivity index is 2.85. The maximum atomic E-state index is 11.9. The van der Waals surface area contributed by atoms with Gasteiger partial charge in [0.1, 0.15) is 5.60 Å². The number of benzene rings is 1. The molecule has 24 heavy (non-hydrogen) atoms. The van der Waals surface area contributed by atoms with Crippen LogP contribution >= 0.6 is 22.6 Å². The number of hydrogen-bond acceptors (Lipinski definition) is 5. The van der Waals surface area contributed by atoms with Gasteiger partial charge >= 0.3 is 12.1 Å². The van der Waals surface area contributed by atoms with Crippen LogP contribution in [-0.4, -0.2) is 35.6 Å². The molecule has 7 heteroatoms. The lowest BCUT2D eigenvalue weighted by atomic mass is 10.0. The third kappa shape index (κ3) is 6.27. The van der Waals surface area contributed by atoms with Gasteiger partial charge in [-0.25, -0.2) is 9.59 Å². The molecular weight excluding hydrogens is 425 g/mol.